The van der Waals surface area contributed by atoms with Crippen LogP contribution in [-0.2, 0) is 26.6 Å². The third-order valence-corrected chi connectivity index (χ3v) is 5.11. The lowest BCUT2D eigenvalue weighted by Gasteiger charge is -2.22. The van der Waals surface area contributed by atoms with Crippen molar-refractivity contribution >= 4 is 27.5 Å². The molecule has 0 aliphatic carbocycles. The number of fused-ring (bicyclic) bond motifs is 2. The summed E-state index contributed by atoms with van der Waals surface area (Å²) < 4.78 is 23.0. The van der Waals surface area contributed by atoms with Crippen LogP contribution in [0.5, 0.6) is 11.5 Å². The van der Waals surface area contributed by atoms with E-state index in [-0.39, 0.29) is 5.91 Å². The van der Waals surface area contributed by atoms with Crippen molar-refractivity contribution in [3.8, 4) is 11.5 Å². The van der Waals surface area contributed by atoms with Gasteiger partial charge in [0.1, 0.15) is 0 Å². The van der Waals surface area contributed by atoms with Crippen LogP contribution in [0.2, 0.25) is 0 Å². The summed E-state index contributed by atoms with van der Waals surface area (Å²) in [6.45, 7) is 1.16. The number of carbonyl (C=O) groups is 1. The minimum atomic E-state index is -1.34. The zero-order valence-electron chi connectivity index (χ0n) is 14.5. The van der Waals surface area contributed by atoms with E-state index in [0.29, 0.717) is 31.3 Å². The molecule has 6 nitrogen and oxygen atoms in total. The first-order valence-corrected chi connectivity index (χ1v) is 8.99. The molecule has 0 aromatic heterocycles. The second-order valence-electron chi connectivity index (χ2n) is 6.06. The quantitative estimate of drug-likeness (QED) is 0.761. The highest BCUT2D eigenvalue weighted by Crippen LogP contribution is 2.47. The van der Waals surface area contributed by atoms with Crippen molar-refractivity contribution in [3.05, 3.63) is 52.0 Å². The van der Waals surface area contributed by atoms with Crippen LogP contribution >= 0.6 is 15.9 Å². The van der Waals surface area contributed by atoms with E-state index in [9.17, 15) is 4.79 Å². The fraction of sp³-hybridized carbons (Fsp3) is 0.316. The first-order valence-electron chi connectivity index (χ1n) is 8.20. The van der Waals surface area contributed by atoms with E-state index < -0.39 is 5.79 Å². The number of anilines is 1. The SMILES string of the molecule is COc1ccc(CN2C(=O)C3(OCCO3)c3cc(Br)ccc32)cc1OC. The van der Waals surface area contributed by atoms with Gasteiger partial charge in [-0.3, -0.25) is 4.79 Å². The number of benzene rings is 2. The van der Waals surface area contributed by atoms with E-state index >= 15 is 0 Å². The van der Waals surface area contributed by atoms with Crippen molar-refractivity contribution in [2.45, 2.75) is 12.3 Å². The Hall–Kier alpha value is -2.09. The second kappa shape index (κ2) is 6.57. The lowest BCUT2D eigenvalue weighted by Crippen LogP contribution is -2.40. The molecule has 4 rings (SSSR count). The topological polar surface area (TPSA) is 57.2 Å². The van der Waals surface area contributed by atoms with E-state index in [1.165, 1.54) is 0 Å². The van der Waals surface area contributed by atoms with Crippen LogP contribution in [0.15, 0.2) is 40.9 Å². The summed E-state index contributed by atoms with van der Waals surface area (Å²) >= 11 is 3.47. The Bertz CT molecular complexity index is 863. The van der Waals surface area contributed by atoms with Crippen molar-refractivity contribution in [2.24, 2.45) is 0 Å². The number of rotatable bonds is 4. The smallest absolute Gasteiger partial charge is 0.292 e. The van der Waals surface area contributed by atoms with Gasteiger partial charge in [-0.25, -0.2) is 0 Å². The number of methoxy groups -OCH3 is 2. The molecule has 2 aromatic carbocycles. The molecule has 1 fully saturated rings. The van der Waals surface area contributed by atoms with Crippen LogP contribution in [0.25, 0.3) is 0 Å². The molecule has 0 atom stereocenters. The normalized spacial score (nSPS) is 17.7. The highest BCUT2D eigenvalue weighted by Gasteiger charge is 2.56. The predicted molar refractivity (Wildman–Crippen MR) is 98.5 cm³/mol. The third kappa shape index (κ3) is 2.58. The Kier molecular flexibility index (Phi) is 4.38. The number of hydrogen-bond acceptors (Lipinski definition) is 5. The molecule has 2 aliphatic rings. The fourth-order valence-corrected chi connectivity index (χ4v) is 3.78. The molecule has 1 spiro atoms. The monoisotopic (exact) mass is 419 g/mol. The summed E-state index contributed by atoms with van der Waals surface area (Å²) in [6.07, 6.45) is 0. The summed E-state index contributed by atoms with van der Waals surface area (Å²) in [7, 11) is 3.18. The molecule has 0 bridgehead atoms. The van der Waals surface area contributed by atoms with Gasteiger partial charge in [0, 0.05) is 10.0 Å². The first-order chi connectivity index (χ1) is 12.6. The Balaban J connectivity index is 1.73. The molecule has 26 heavy (non-hydrogen) atoms. The molecule has 1 amide bonds. The maximum atomic E-state index is 13.2. The van der Waals surface area contributed by atoms with Gasteiger partial charge in [-0.15, -0.1) is 0 Å². The predicted octanol–water partition coefficient (Wildman–Crippen LogP) is 3.21. The maximum absolute atomic E-state index is 13.2. The van der Waals surface area contributed by atoms with Crippen LogP contribution < -0.4 is 14.4 Å². The number of amides is 1. The average molecular weight is 420 g/mol. The number of ether oxygens (including phenoxy) is 4. The molecule has 136 valence electrons. The third-order valence-electron chi connectivity index (χ3n) is 4.61. The summed E-state index contributed by atoms with van der Waals surface area (Å²) in [6, 6.07) is 11.3. The summed E-state index contributed by atoms with van der Waals surface area (Å²) in [5, 5.41) is 0. The minimum Gasteiger partial charge on any atom is -0.493 e. The van der Waals surface area contributed by atoms with Crippen molar-refractivity contribution in [2.75, 3.05) is 32.3 Å². The Morgan fingerprint density at radius 2 is 1.81 bits per heavy atom. The van der Waals surface area contributed by atoms with Crippen LogP contribution in [0, 0.1) is 0 Å². The number of nitrogens with zero attached hydrogens (tertiary/aromatic N) is 1. The van der Waals surface area contributed by atoms with Crippen LogP contribution in [0.4, 0.5) is 5.69 Å². The molecular weight excluding hydrogens is 402 g/mol. The van der Waals surface area contributed by atoms with Gasteiger partial charge in [0.15, 0.2) is 11.5 Å². The summed E-state index contributed by atoms with van der Waals surface area (Å²) in [5.41, 5.74) is 2.43. The fourth-order valence-electron chi connectivity index (χ4n) is 3.42. The standard InChI is InChI=1S/C19H18BrNO5/c1-23-16-6-3-12(9-17(16)24-2)11-21-15-5-4-13(20)10-14(15)19(18(21)22)25-7-8-26-19/h3-6,9-10H,7-8,11H2,1-2H3. The molecule has 2 heterocycles. The van der Waals surface area contributed by atoms with Crippen LogP contribution in [0.1, 0.15) is 11.1 Å². The largest absolute Gasteiger partial charge is 0.493 e. The van der Waals surface area contributed by atoms with Crippen molar-refractivity contribution in [1.29, 1.82) is 0 Å². The molecule has 0 unspecified atom stereocenters. The van der Waals surface area contributed by atoms with Crippen LogP contribution in [-0.4, -0.2) is 33.3 Å². The lowest BCUT2D eigenvalue weighted by molar-refractivity contribution is -0.180. The summed E-state index contributed by atoms with van der Waals surface area (Å²) in [5.74, 6) is -0.281. The number of halogens is 1. The minimum absolute atomic E-state index is 0.210. The lowest BCUT2D eigenvalue weighted by atomic mass is 10.1. The highest BCUT2D eigenvalue weighted by atomic mass is 79.9. The van der Waals surface area contributed by atoms with E-state index in [0.717, 1.165) is 21.3 Å². The van der Waals surface area contributed by atoms with Gasteiger partial charge in [-0.05, 0) is 35.9 Å². The van der Waals surface area contributed by atoms with Gasteiger partial charge < -0.3 is 23.8 Å². The molecule has 2 aliphatic heterocycles. The Morgan fingerprint density at radius 3 is 2.50 bits per heavy atom. The van der Waals surface area contributed by atoms with Gasteiger partial charge in [-0.1, -0.05) is 22.0 Å². The maximum Gasteiger partial charge on any atom is 0.292 e. The zero-order valence-corrected chi connectivity index (χ0v) is 16.0. The molecule has 2 aromatic rings. The van der Waals surface area contributed by atoms with E-state index in [1.54, 1.807) is 19.1 Å². The van der Waals surface area contributed by atoms with E-state index in [1.807, 2.05) is 36.4 Å². The van der Waals surface area contributed by atoms with E-state index in [4.69, 9.17) is 18.9 Å². The zero-order chi connectivity index (χ0) is 18.3. The average Bonchev–Trinajstić information content (AvgIpc) is 3.23. The molecule has 7 heteroatoms. The summed E-state index contributed by atoms with van der Waals surface area (Å²) in [4.78, 5) is 14.9. The van der Waals surface area contributed by atoms with Gasteiger partial charge in [0.2, 0.25) is 0 Å². The van der Waals surface area contributed by atoms with Crippen molar-refractivity contribution in [3.63, 3.8) is 0 Å². The van der Waals surface area contributed by atoms with Gasteiger partial charge in [-0.2, -0.15) is 0 Å². The Labute approximate surface area is 159 Å². The second-order valence-corrected chi connectivity index (χ2v) is 6.97. The molecule has 0 radical (unpaired) electrons. The number of hydrogen-bond donors (Lipinski definition) is 0. The first kappa shape index (κ1) is 17.3. The highest BCUT2D eigenvalue weighted by molar-refractivity contribution is 9.10. The molecular formula is C19H18BrNO5. The Morgan fingerprint density at radius 1 is 1.08 bits per heavy atom. The van der Waals surface area contributed by atoms with Crippen LogP contribution in [0.3, 0.4) is 0 Å². The number of carbonyl (C=O) groups excluding carboxylic acids is 1. The van der Waals surface area contributed by atoms with Crippen molar-refractivity contribution in [1.82, 2.24) is 0 Å². The molecule has 0 N–H and O–H groups in total. The molecule has 1 saturated heterocycles. The molecule has 0 saturated carbocycles. The van der Waals surface area contributed by atoms with Gasteiger partial charge in [0.05, 0.1) is 39.7 Å². The van der Waals surface area contributed by atoms with E-state index in [2.05, 4.69) is 15.9 Å². The van der Waals surface area contributed by atoms with Gasteiger partial charge >= 0.3 is 0 Å². The van der Waals surface area contributed by atoms with Gasteiger partial charge in [0.25, 0.3) is 11.7 Å². The van der Waals surface area contributed by atoms with Crippen molar-refractivity contribution < 1.29 is 23.7 Å².